The van der Waals surface area contributed by atoms with E-state index in [1.165, 1.54) is 25.9 Å². The molecule has 5 heteroatoms. The zero-order chi connectivity index (χ0) is 14.6. The zero-order valence-corrected chi connectivity index (χ0v) is 13.1. The highest BCUT2D eigenvalue weighted by Gasteiger charge is 2.14. The Kier molecular flexibility index (Phi) is 10.2. The molecule has 0 aromatic carbocycles. The Balaban J connectivity index is 1.90. The van der Waals surface area contributed by atoms with Gasteiger partial charge in [-0.05, 0) is 45.3 Å². The highest BCUT2D eigenvalue weighted by atomic mass is 16.5. The average molecular weight is 288 g/mol. The van der Waals surface area contributed by atoms with E-state index in [0.29, 0.717) is 38.9 Å². The molecule has 20 heavy (non-hydrogen) atoms. The van der Waals surface area contributed by atoms with Crippen molar-refractivity contribution in [2.75, 3.05) is 59.2 Å². The first kappa shape index (κ1) is 17.9. The number of rotatable bonds is 12. The zero-order valence-electron chi connectivity index (χ0n) is 13.1. The number of ether oxygens (including phenoxy) is 2. The molecule has 1 saturated heterocycles. The van der Waals surface area contributed by atoms with Crippen LogP contribution in [-0.2, 0) is 9.47 Å². The van der Waals surface area contributed by atoms with Crippen molar-refractivity contribution in [3.63, 3.8) is 0 Å². The molecule has 0 amide bonds. The predicted octanol–water partition coefficient (Wildman–Crippen LogP) is 0.722. The topological polar surface area (TPSA) is 54.0 Å². The van der Waals surface area contributed by atoms with Crippen LogP contribution in [0.4, 0.5) is 0 Å². The molecule has 5 nitrogen and oxygen atoms in total. The monoisotopic (exact) mass is 288 g/mol. The van der Waals surface area contributed by atoms with Gasteiger partial charge in [0.2, 0.25) is 0 Å². The SMILES string of the molecule is CCOCCOCC(O)CNCC(C)CN1CCCC1. The van der Waals surface area contributed by atoms with Crippen molar-refractivity contribution in [1.82, 2.24) is 10.2 Å². The lowest BCUT2D eigenvalue weighted by Gasteiger charge is -2.21. The number of aliphatic hydroxyl groups is 1. The van der Waals surface area contributed by atoms with Gasteiger partial charge in [-0.15, -0.1) is 0 Å². The maximum Gasteiger partial charge on any atom is 0.0897 e. The average Bonchev–Trinajstić information content (AvgIpc) is 2.91. The van der Waals surface area contributed by atoms with Gasteiger partial charge >= 0.3 is 0 Å². The Morgan fingerprint density at radius 3 is 2.55 bits per heavy atom. The minimum absolute atomic E-state index is 0.376. The van der Waals surface area contributed by atoms with Crippen LogP contribution < -0.4 is 5.32 Å². The van der Waals surface area contributed by atoms with Crippen molar-refractivity contribution in [2.24, 2.45) is 5.92 Å². The standard InChI is InChI=1S/C15H32N2O3/c1-3-19-8-9-20-13-15(18)11-16-10-14(2)12-17-6-4-5-7-17/h14-16,18H,3-13H2,1-2H3. The number of nitrogens with zero attached hydrogens (tertiary/aromatic N) is 1. The maximum absolute atomic E-state index is 9.76. The van der Waals surface area contributed by atoms with Gasteiger partial charge in [-0.3, -0.25) is 0 Å². The smallest absolute Gasteiger partial charge is 0.0897 e. The Hall–Kier alpha value is -0.200. The normalized spacial score (nSPS) is 19.4. The van der Waals surface area contributed by atoms with E-state index in [-0.39, 0.29) is 0 Å². The largest absolute Gasteiger partial charge is 0.389 e. The highest BCUT2D eigenvalue weighted by Crippen LogP contribution is 2.09. The van der Waals surface area contributed by atoms with Crippen LogP contribution in [0.5, 0.6) is 0 Å². The van der Waals surface area contributed by atoms with Crippen LogP contribution in [0.15, 0.2) is 0 Å². The van der Waals surface area contributed by atoms with E-state index in [0.717, 1.165) is 13.1 Å². The molecule has 0 aromatic rings. The molecule has 1 heterocycles. The minimum Gasteiger partial charge on any atom is -0.389 e. The van der Waals surface area contributed by atoms with E-state index in [9.17, 15) is 5.11 Å². The van der Waals surface area contributed by atoms with Crippen LogP contribution in [0.3, 0.4) is 0 Å². The first-order chi connectivity index (χ1) is 9.72. The summed E-state index contributed by atoms with van der Waals surface area (Å²) < 4.78 is 10.5. The Morgan fingerprint density at radius 2 is 1.85 bits per heavy atom. The summed E-state index contributed by atoms with van der Waals surface area (Å²) in [6.07, 6.45) is 2.26. The van der Waals surface area contributed by atoms with E-state index < -0.39 is 6.10 Å². The van der Waals surface area contributed by atoms with E-state index in [2.05, 4.69) is 17.1 Å². The lowest BCUT2D eigenvalue weighted by atomic mass is 10.1. The molecule has 2 atom stereocenters. The van der Waals surface area contributed by atoms with Gasteiger partial charge in [-0.2, -0.15) is 0 Å². The van der Waals surface area contributed by atoms with Crippen LogP contribution in [0, 0.1) is 5.92 Å². The fourth-order valence-electron chi connectivity index (χ4n) is 2.51. The predicted molar refractivity (Wildman–Crippen MR) is 81.0 cm³/mol. The minimum atomic E-state index is -0.435. The van der Waals surface area contributed by atoms with E-state index in [1.807, 2.05) is 6.92 Å². The summed E-state index contributed by atoms with van der Waals surface area (Å²) in [6, 6.07) is 0. The van der Waals surface area contributed by atoms with Gasteiger partial charge < -0.3 is 24.8 Å². The summed E-state index contributed by atoms with van der Waals surface area (Å²) in [4.78, 5) is 2.53. The second-order valence-corrected chi connectivity index (χ2v) is 5.70. The van der Waals surface area contributed by atoms with Crippen LogP contribution >= 0.6 is 0 Å². The second kappa shape index (κ2) is 11.5. The summed E-state index contributed by atoms with van der Waals surface area (Å²) in [7, 11) is 0. The fraction of sp³-hybridized carbons (Fsp3) is 1.00. The van der Waals surface area contributed by atoms with Gasteiger partial charge in [0, 0.05) is 19.7 Å². The van der Waals surface area contributed by atoms with Crippen LogP contribution in [0.1, 0.15) is 26.7 Å². The number of hydrogen-bond donors (Lipinski definition) is 2. The lowest BCUT2D eigenvalue weighted by molar-refractivity contribution is 0.00628. The van der Waals surface area contributed by atoms with Crippen molar-refractivity contribution in [2.45, 2.75) is 32.8 Å². The number of likely N-dealkylation sites (tertiary alicyclic amines) is 1. The summed E-state index contributed by atoms with van der Waals surface area (Å²) in [5.74, 6) is 0.624. The number of hydrogen-bond acceptors (Lipinski definition) is 5. The Morgan fingerprint density at radius 1 is 1.15 bits per heavy atom. The van der Waals surface area contributed by atoms with E-state index >= 15 is 0 Å². The van der Waals surface area contributed by atoms with Crippen molar-refractivity contribution in [3.05, 3.63) is 0 Å². The maximum atomic E-state index is 9.76. The molecule has 1 aliphatic rings. The van der Waals surface area contributed by atoms with Gasteiger partial charge in [0.05, 0.1) is 25.9 Å². The molecule has 2 unspecified atom stereocenters. The molecule has 1 fully saturated rings. The third-order valence-electron chi connectivity index (χ3n) is 3.53. The van der Waals surface area contributed by atoms with Gasteiger partial charge in [-0.25, -0.2) is 0 Å². The van der Waals surface area contributed by atoms with Gasteiger partial charge in [0.15, 0.2) is 0 Å². The summed E-state index contributed by atoms with van der Waals surface area (Å²) in [6.45, 7) is 11.7. The van der Waals surface area contributed by atoms with Crippen molar-refractivity contribution >= 4 is 0 Å². The third kappa shape index (κ3) is 8.87. The number of aliphatic hydroxyl groups excluding tert-OH is 1. The molecule has 0 aromatic heterocycles. The van der Waals surface area contributed by atoms with Gasteiger partial charge in [0.25, 0.3) is 0 Å². The van der Waals surface area contributed by atoms with Crippen molar-refractivity contribution in [3.8, 4) is 0 Å². The first-order valence-corrected chi connectivity index (χ1v) is 7.99. The molecule has 1 rings (SSSR count). The third-order valence-corrected chi connectivity index (χ3v) is 3.53. The molecular weight excluding hydrogens is 256 g/mol. The van der Waals surface area contributed by atoms with Crippen LogP contribution in [-0.4, -0.2) is 75.3 Å². The summed E-state index contributed by atoms with van der Waals surface area (Å²) >= 11 is 0. The molecule has 1 aliphatic heterocycles. The van der Waals surface area contributed by atoms with Crippen molar-refractivity contribution < 1.29 is 14.6 Å². The molecule has 2 N–H and O–H groups in total. The Bertz CT molecular complexity index is 223. The van der Waals surface area contributed by atoms with Crippen LogP contribution in [0.25, 0.3) is 0 Å². The summed E-state index contributed by atoms with van der Waals surface area (Å²) in [5, 5.41) is 13.1. The quantitative estimate of drug-likeness (QED) is 0.518. The first-order valence-electron chi connectivity index (χ1n) is 7.99. The van der Waals surface area contributed by atoms with E-state index in [1.54, 1.807) is 0 Å². The Labute approximate surface area is 123 Å². The van der Waals surface area contributed by atoms with Gasteiger partial charge in [0.1, 0.15) is 0 Å². The van der Waals surface area contributed by atoms with Crippen molar-refractivity contribution in [1.29, 1.82) is 0 Å². The fourth-order valence-corrected chi connectivity index (χ4v) is 2.51. The molecule has 0 saturated carbocycles. The highest BCUT2D eigenvalue weighted by molar-refractivity contribution is 4.70. The molecule has 0 bridgehead atoms. The lowest BCUT2D eigenvalue weighted by Crippen LogP contribution is -2.36. The van der Waals surface area contributed by atoms with Crippen LogP contribution in [0.2, 0.25) is 0 Å². The van der Waals surface area contributed by atoms with E-state index in [4.69, 9.17) is 9.47 Å². The van der Waals surface area contributed by atoms with Gasteiger partial charge in [-0.1, -0.05) is 6.92 Å². The molecular formula is C15H32N2O3. The number of nitrogens with one attached hydrogen (secondary N) is 1. The summed E-state index contributed by atoms with van der Waals surface area (Å²) in [5.41, 5.74) is 0. The molecule has 0 radical (unpaired) electrons. The molecule has 0 spiro atoms. The molecule has 0 aliphatic carbocycles. The second-order valence-electron chi connectivity index (χ2n) is 5.70. The molecule has 120 valence electrons.